The number of fused-ring (bicyclic) bond motifs is 1. The van der Waals surface area contributed by atoms with Gasteiger partial charge in [-0.3, -0.25) is 9.59 Å². The predicted octanol–water partition coefficient (Wildman–Crippen LogP) is 2.84. The molecule has 1 saturated heterocycles. The number of ketones is 1. The first-order valence-electron chi connectivity index (χ1n) is 10.3. The smallest absolute Gasteiger partial charge is 0.243 e. The highest BCUT2D eigenvalue weighted by Crippen LogP contribution is 2.21. The molecule has 2 heterocycles. The highest BCUT2D eigenvalue weighted by atomic mass is 32.2. The van der Waals surface area contributed by atoms with Crippen LogP contribution >= 0.6 is 0 Å². The van der Waals surface area contributed by atoms with Crippen LogP contribution < -0.4 is 0 Å². The first-order valence-corrected chi connectivity index (χ1v) is 11.7. The summed E-state index contributed by atoms with van der Waals surface area (Å²) in [7, 11) is -3.65. The van der Waals surface area contributed by atoms with Crippen molar-refractivity contribution in [1.82, 2.24) is 14.2 Å². The van der Waals surface area contributed by atoms with Crippen LogP contribution in [0.5, 0.6) is 0 Å². The zero-order chi connectivity index (χ0) is 22.0. The lowest BCUT2D eigenvalue weighted by Gasteiger charge is -2.34. The van der Waals surface area contributed by atoms with Gasteiger partial charge in [-0.25, -0.2) is 8.42 Å². The third kappa shape index (κ3) is 4.40. The van der Waals surface area contributed by atoms with Crippen LogP contribution in [0.1, 0.15) is 29.3 Å². The molecule has 0 saturated carbocycles. The summed E-state index contributed by atoms with van der Waals surface area (Å²) < 4.78 is 27.2. The molecule has 1 amide bonds. The molecule has 0 radical (unpaired) electrons. The topological polar surface area (TPSA) is 90.6 Å². The zero-order valence-corrected chi connectivity index (χ0v) is 18.2. The molecule has 0 bridgehead atoms. The molecule has 0 aliphatic carbocycles. The minimum Gasteiger partial charge on any atom is -0.361 e. The highest BCUT2D eigenvalue weighted by Gasteiger charge is 2.30. The number of rotatable bonds is 6. The number of carbonyl (C=O) groups excluding carboxylic acids is 2. The second-order valence-corrected chi connectivity index (χ2v) is 9.66. The van der Waals surface area contributed by atoms with Gasteiger partial charge in [-0.1, -0.05) is 30.3 Å². The van der Waals surface area contributed by atoms with Gasteiger partial charge < -0.3 is 9.88 Å². The lowest BCUT2D eigenvalue weighted by Crippen LogP contribution is -2.50. The molecule has 31 heavy (non-hydrogen) atoms. The molecule has 4 rings (SSSR count). The van der Waals surface area contributed by atoms with Crippen molar-refractivity contribution in [2.75, 3.05) is 26.2 Å². The zero-order valence-electron chi connectivity index (χ0n) is 17.4. The molecule has 0 unspecified atom stereocenters. The van der Waals surface area contributed by atoms with Crippen LogP contribution in [0.3, 0.4) is 0 Å². The number of aromatic amines is 1. The van der Waals surface area contributed by atoms with Gasteiger partial charge in [0.15, 0.2) is 5.78 Å². The Labute approximate surface area is 181 Å². The van der Waals surface area contributed by atoms with Crippen molar-refractivity contribution in [3.05, 3.63) is 65.9 Å². The van der Waals surface area contributed by atoms with E-state index in [4.69, 9.17) is 0 Å². The van der Waals surface area contributed by atoms with Crippen molar-refractivity contribution in [3.8, 4) is 0 Å². The van der Waals surface area contributed by atoms with Gasteiger partial charge in [-0.05, 0) is 37.1 Å². The summed E-state index contributed by atoms with van der Waals surface area (Å²) in [4.78, 5) is 29.2. The van der Waals surface area contributed by atoms with Gasteiger partial charge in [0.25, 0.3) is 0 Å². The number of amides is 1. The van der Waals surface area contributed by atoms with E-state index < -0.39 is 10.0 Å². The average molecular weight is 440 g/mol. The standard InChI is InChI=1S/C23H25N3O4S/c1-17(27)18-6-9-20(10-7-18)31(29,30)26-14-12-25(13-15-26)23(28)11-8-19-16-24-22-5-3-2-4-21(19)22/h2-7,9-10,16,24H,8,11-15H2,1H3. The third-order valence-electron chi connectivity index (χ3n) is 5.77. The van der Waals surface area contributed by atoms with E-state index in [0.717, 1.165) is 16.5 Å². The number of hydrogen-bond donors (Lipinski definition) is 1. The lowest BCUT2D eigenvalue weighted by atomic mass is 10.1. The van der Waals surface area contributed by atoms with Crippen molar-refractivity contribution >= 4 is 32.6 Å². The number of piperazine rings is 1. The average Bonchev–Trinajstić information content (AvgIpc) is 3.20. The Bertz CT molecular complexity index is 1210. The highest BCUT2D eigenvalue weighted by molar-refractivity contribution is 7.89. The molecule has 7 nitrogen and oxygen atoms in total. The summed E-state index contributed by atoms with van der Waals surface area (Å²) in [5, 5.41) is 1.13. The molecule has 0 atom stereocenters. The summed E-state index contributed by atoms with van der Waals surface area (Å²) >= 11 is 0. The van der Waals surface area contributed by atoms with E-state index in [1.54, 1.807) is 4.90 Å². The number of Topliss-reactive ketones (excluding diaryl/α,β-unsaturated/α-hetero) is 1. The molecular weight excluding hydrogens is 414 g/mol. The molecule has 8 heteroatoms. The number of benzene rings is 2. The lowest BCUT2D eigenvalue weighted by molar-refractivity contribution is -0.132. The van der Waals surface area contributed by atoms with Crippen LogP contribution in [0.25, 0.3) is 10.9 Å². The summed E-state index contributed by atoms with van der Waals surface area (Å²) in [6.45, 7) is 2.71. The molecule has 1 N–H and O–H groups in total. The molecule has 1 aromatic heterocycles. The maximum absolute atomic E-state index is 12.9. The number of sulfonamides is 1. The molecule has 2 aromatic carbocycles. The summed E-state index contributed by atoms with van der Waals surface area (Å²) in [6.07, 6.45) is 2.98. The number of carbonyl (C=O) groups is 2. The van der Waals surface area contributed by atoms with Gasteiger partial charge in [0.05, 0.1) is 4.90 Å². The Morgan fingerprint density at radius 3 is 2.32 bits per heavy atom. The van der Waals surface area contributed by atoms with Gasteiger partial charge in [0.1, 0.15) is 0 Å². The van der Waals surface area contributed by atoms with Crippen molar-refractivity contribution in [2.45, 2.75) is 24.7 Å². The molecule has 1 fully saturated rings. The van der Waals surface area contributed by atoms with Crippen LogP contribution in [0.15, 0.2) is 59.6 Å². The first-order chi connectivity index (χ1) is 14.9. The Morgan fingerprint density at radius 2 is 1.65 bits per heavy atom. The Kier molecular flexibility index (Phi) is 5.93. The van der Waals surface area contributed by atoms with E-state index in [-0.39, 0.29) is 29.7 Å². The van der Waals surface area contributed by atoms with Crippen LogP contribution in [0, 0.1) is 0 Å². The Hall–Kier alpha value is -2.97. The molecule has 162 valence electrons. The number of hydrogen-bond acceptors (Lipinski definition) is 4. The summed E-state index contributed by atoms with van der Waals surface area (Å²) in [5.41, 5.74) is 2.64. The van der Waals surface area contributed by atoms with Crippen molar-refractivity contribution in [2.24, 2.45) is 0 Å². The largest absolute Gasteiger partial charge is 0.361 e. The molecule has 1 aliphatic heterocycles. The number of aromatic nitrogens is 1. The summed E-state index contributed by atoms with van der Waals surface area (Å²) in [6, 6.07) is 14.0. The first kappa shape index (κ1) is 21.3. The van der Waals surface area contributed by atoms with Crippen molar-refractivity contribution in [1.29, 1.82) is 0 Å². The van der Waals surface area contributed by atoms with E-state index in [0.29, 0.717) is 31.5 Å². The third-order valence-corrected chi connectivity index (χ3v) is 7.69. The molecular formula is C23H25N3O4S. The van der Waals surface area contributed by atoms with E-state index in [1.807, 2.05) is 30.5 Å². The quantitative estimate of drug-likeness (QED) is 0.598. The predicted molar refractivity (Wildman–Crippen MR) is 118 cm³/mol. The fraction of sp³-hybridized carbons (Fsp3) is 0.304. The minimum atomic E-state index is -3.65. The van der Waals surface area contributed by atoms with E-state index in [1.165, 1.54) is 35.5 Å². The van der Waals surface area contributed by atoms with E-state index >= 15 is 0 Å². The maximum atomic E-state index is 12.9. The number of nitrogens with zero attached hydrogens (tertiary/aromatic N) is 2. The molecule has 0 spiro atoms. The number of nitrogens with one attached hydrogen (secondary N) is 1. The Balaban J connectivity index is 1.34. The number of aryl methyl sites for hydroxylation is 1. The van der Waals surface area contributed by atoms with Gasteiger partial charge in [0, 0.05) is 55.3 Å². The van der Waals surface area contributed by atoms with Gasteiger partial charge in [-0.2, -0.15) is 4.31 Å². The Morgan fingerprint density at radius 1 is 0.968 bits per heavy atom. The van der Waals surface area contributed by atoms with Gasteiger partial charge in [-0.15, -0.1) is 0 Å². The van der Waals surface area contributed by atoms with Crippen molar-refractivity contribution < 1.29 is 18.0 Å². The SMILES string of the molecule is CC(=O)c1ccc(S(=O)(=O)N2CCN(C(=O)CCc3c[nH]c4ccccc34)CC2)cc1. The maximum Gasteiger partial charge on any atom is 0.243 e. The van der Waals surface area contributed by atoms with Crippen molar-refractivity contribution in [3.63, 3.8) is 0 Å². The second-order valence-electron chi connectivity index (χ2n) is 7.72. The molecule has 3 aromatic rings. The van der Waals surface area contributed by atoms with E-state index in [2.05, 4.69) is 4.98 Å². The van der Waals surface area contributed by atoms with Crippen LogP contribution in [-0.4, -0.2) is 60.5 Å². The minimum absolute atomic E-state index is 0.0353. The normalized spacial score (nSPS) is 15.3. The summed E-state index contributed by atoms with van der Waals surface area (Å²) in [5.74, 6) is -0.0724. The van der Waals surface area contributed by atoms with E-state index in [9.17, 15) is 18.0 Å². The number of H-pyrrole nitrogens is 1. The molecule has 1 aliphatic rings. The fourth-order valence-electron chi connectivity index (χ4n) is 3.93. The number of para-hydroxylation sites is 1. The van der Waals surface area contributed by atoms with Crippen LogP contribution in [0.4, 0.5) is 0 Å². The van der Waals surface area contributed by atoms with Gasteiger partial charge >= 0.3 is 0 Å². The van der Waals surface area contributed by atoms with Crippen LogP contribution in [-0.2, 0) is 21.2 Å². The van der Waals surface area contributed by atoms with Gasteiger partial charge in [0.2, 0.25) is 15.9 Å². The fourth-order valence-corrected chi connectivity index (χ4v) is 5.35. The van der Waals surface area contributed by atoms with Crippen LogP contribution in [0.2, 0.25) is 0 Å². The second kappa shape index (κ2) is 8.64. The monoisotopic (exact) mass is 439 g/mol.